The number of rotatable bonds is 9. The van der Waals surface area contributed by atoms with Crippen molar-refractivity contribution < 1.29 is 13.9 Å². The van der Waals surface area contributed by atoms with Crippen molar-refractivity contribution in [1.29, 1.82) is 0 Å². The molecule has 36 heavy (non-hydrogen) atoms. The number of benzene rings is 1. The number of hydrogen-bond acceptors (Lipinski definition) is 8. The van der Waals surface area contributed by atoms with Gasteiger partial charge in [0, 0.05) is 50.4 Å². The Morgan fingerprint density at radius 3 is 2.58 bits per heavy atom. The smallest absolute Gasteiger partial charge is 0.188 e. The Kier molecular flexibility index (Phi) is 7.43. The predicted molar refractivity (Wildman–Crippen MR) is 138 cm³/mol. The molecule has 10 heteroatoms. The highest BCUT2D eigenvalue weighted by molar-refractivity contribution is 5.83. The lowest BCUT2D eigenvalue weighted by Gasteiger charge is -2.25. The van der Waals surface area contributed by atoms with Crippen LogP contribution in [0.1, 0.15) is 24.0 Å². The molecule has 0 aliphatic carbocycles. The summed E-state index contributed by atoms with van der Waals surface area (Å²) in [4.78, 5) is 15.3. The molecule has 0 bridgehead atoms. The molecule has 0 aliphatic heterocycles. The molecule has 0 fully saturated rings. The third-order valence-corrected chi connectivity index (χ3v) is 5.63. The summed E-state index contributed by atoms with van der Waals surface area (Å²) in [6.07, 6.45) is 8.99. The van der Waals surface area contributed by atoms with Gasteiger partial charge in [0.05, 0.1) is 44.0 Å². The van der Waals surface area contributed by atoms with Crippen molar-refractivity contribution in [3.05, 3.63) is 78.0 Å². The Morgan fingerprint density at radius 2 is 1.94 bits per heavy atom. The molecular formula is C26H28FN7O2. The third-order valence-electron chi connectivity index (χ3n) is 5.63. The molecule has 9 nitrogen and oxygen atoms in total. The molecule has 4 rings (SSSR count). The van der Waals surface area contributed by atoms with Gasteiger partial charge in [-0.2, -0.15) is 5.10 Å². The first-order valence-corrected chi connectivity index (χ1v) is 11.2. The van der Waals surface area contributed by atoms with E-state index in [9.17, 15) is 0 Å². The molecule has 186 valence electrons. The Hall–Kier alpha value is -4.47. The molecule has 0 radical (unpaired) electrons. The van der Waals surface area contributed by atoms with Gasteiger partial charge in [-0.25, -0.2) is 19.3 Å². The summed E-state index contributed by atoms with van der Waals surface area (Å²) in [6, 6.07) is 8.55. The van der Waals surface area contributed by atoms with E-state index in [0.29, 0.717) is 23.1 Å². The Bertz CT molecular complexity index is 1370. The summed E-state index contributed by atoms with van der Waals surface area (Å²) in [7, 11) is 6.63. The van der Waals surface area contributed by atoms with Crippen LogP contribution < -0.4 is 19.7 Å². The van der Waals surface area contributed by atoms with Crippen molar-refractivity contribution in [2.24, 2.45) is 7.05 Å². The highest BCUT2D eigenvalue weighted by Gasteiger charge is 2.22. The van der Waals surface area contributed by atoms with E-state index in [1.165, 1.54) is 20.3 Å². The number of hydrogen-bond donors (Lipinski definition) is 1. The van der Waals surface area contributed by atoms with Crippen LogP contribution in [-0.2, 0) is 13.6 Å². The minimum absolute atomic E-state index is 0.0581. The lowest BCUT2D eigenvalue weighted by Crippen LogP contribution is -2.21. The summed E-state index contributed by atoms with van der Waals surface area (Å²) < 4.78 is 28.0. The second-order valence-electron chi connectivity index (χ2n) is 8.00. The van der Waals surface area contributed by atoms with Crippen LogP contribution in [-0.4, -0.2) is 46.0 Å². The number of anilines is 3. The highest BCUT2D eigenvalue weighted by atomic mass is 19.1. The number of allylic oxidation sites excluding steroid dienone is 1. The molecule has 0 amide bonds. The Balaban J connectivity index is 1.86. The summed E-state index contributed by atoms with van der Waals surface area (Å²) in [5.41, 5.74) is 3.69. The van der Waals surface area contributed by atoms with Gasteiger partial charge in [-0.3, -0.25) is 4.68 Å². The SMILES string of the molecule is CNc1ccc(N(Cc2ncccn2)c2cc(OC)cc(OC)c2F)nc1/C=C(\C)c1cnn(C)c1. The van der Waals surface area contributed by atoms with E-state index in [1.54, 1.807) is 40.3 Å². The fraction of sp³-hybridized carbons (Fsp3) is 0.231. The Morgan fingerprint density at radius 1 is 1.17 bits per heavy atom. The minimum Gasteiger partial charge on any atom is -0.497 e. The Labute approximate surface area is 209 Å². The van der Waals surface area contributed by atoms with Crippen molar-refractivity contribution >= 4 is 28.8 Å². The summed E-state index contributed by atoms with van der Waals surface area (Å²) in [5.74, 6) is 0.962. The number of pyridine rings is 1. The molecular weight excluding hydrogens is 461 g/mol. The zero-order valence-corrected chi connectivity index (χ0v) is 20.9. The number of methoxy groups -OCH3 is 2. The third kappa shape index (κ3) is 5.27. The maximum atomic E-state index is 15.6. The van der Waals surface area contributed by atoms with Crippen LogP contribution in [0.3, 0.4) is 0 Å². The maximum Gasteiger partial charge on any atom is 0.188 e. The monoisotopic (exact) mass is 489 g/mol. The van der Waals surface area contributed by atoms with E-state index >= 15 is 4.39 Å². The average molecular weight is 490 g/mol. The van der Waals surface area contributed by atoms with E-state index < -0.39 is 5.82 Å². The van der Waals surface area contributed by atoms with Gasteiger partial charge in [-0.15, -0.1) is 0 Å². The number of aromatic nitrogens is 5. The van der Waals surface area contributed by atoms with Crippen molar-refractivity contribution in [1.82, 2.24) is 24.7 Å². The molecule has 3 aromatic heterocycles. The van der Waals surface area contributed by atoms with Crippen LogP contribution in [0.4, 0.5) is 21.6 Å². The minimum atomic E-state index is -0.544. The average Bonchev–Trinajstić information content (AvgIpc) is 3.34. The van der Waals surface area contributed by atoms with Crippen LogP contribution in [0.5, 0.6) is 11.5 Å². The molecule has 0 unspecified atom stereocenters. The summed E-state index contributed by atoms with van der Waals surface area (Å²) in [5, 5.41) is 7.42. The van der Waals surface area contributed by atoms with Crippen molar-refractivity contribution in [3.8, 4) is 11.5 Å². The maximum absolute atomic E-state index is 15.6. The van der Waals surface area contributed by atoms with Gasteiger partial charge in [0.2, 0.25) is 0 Å². The van der Waals surface area contributed by atoms with Crippen LogP contribution in [0, 0.1) is 5.82 Å². The predicted octanol–water partition coefficient (Wildman–Crippen LogP) is 4.70. The molecule has 0 spiro atoms. The van der Waals surface area contributed by atoms with Crippen LogP contribution >= 0.6 is 0 Å². The van der Waals surface area contributed by atoms with E-state index in [4.69, 9.17) is 14.5 Å². The van der Waals surface area contributed by atoms with Crippen molar-refractivity contribution in [2.45, 2.75) is 13.5 Å². The highest BCUT2D eigenvalue weighted by Crippen LogP contribution is 2.37. The molecule has 1 N–H and O–H groups in total. The standard InChI is InChI=1S/C26H28FN7O2/c1-17(18-14-31-33(3)15-18)11-21-20(28-2)7-8-25(32-21)34(16-24-29-9-6-10-30-24)22-12-19(35-4)13-23(36-5)26(22)27/h6-15,28H,16H2,1-5H3/b17-11+. The van der Waals surface area contributed by atoms with Gasteiger partial charge >= 0.3 is 0 Å². The van der Waals surface area contributed by atoms with Gasteiger partial charge in [0.25, 0.3) is 0 Å². The second-order valence-corrected chi connectivity index (χ2v) is 8.00. The fourth-order valence-electron chi connectivity index (χ4n) is 3.71. The number of ether oxygens (including phenoxy) is 2. The molecule has 0 saturated heterocycles. The largest absolute Gasteiger partial charge is 0.497 e. The second kappa shape index (κ2) is 10.9. The fourth-order valence-corrected chi connectivity index (χ4v) is 3.71. The van der Waals surface area contributed by atoms with Gasteiger partial charge < -0.3 is 19.7 Å². The molecule has 0 aliphatic rings. The number of nitrogens with zero attached hydrogens (tertiary/aromatic N) is 6. The first kappa shape index (κ1) is 24.6. The molecule has 0 saturated carbocycles. The molecule has 0 atom stereocenters. The topological polar surface area (TPSA) is 90.2 Å². The van der Waals surface area contributed by atoms with E-state index in [1.807, 2.05) is 45.4 Å². The molecule has 1 aromatic carbocycles. The van der Waals surface area contributed by atoms with Crippen molar-refractivity contribution in [3.63, 3.8) is 0 Å². The van der Waals surface area contributed by atoms with Gasteiger partial charge in [0.15, 0.2) is 11.6 Å². The van der Waals surface area contributed by atoms with Crippen molar-refractivity contribution in [2.75, 3.05) is 31.5 Å². The number of halogens is 1. The van der Waals surface area contributed by atoms with E-state index in [2.05, 4.69) is 20.4 Å². The van der Waals surface area contributed by atoms with Crippen LogP contribution in [0.2, 0.25) is 0 Å². The van der Waals surface area contributed by atoms with Crippen LogP contribution in [0.25, 0.3) is 11.6 Å². The van der Waals surface area contributed by atoms with Gasteiger partial charge in [0.1, 0.15) is 17.4 Å². The molecule has 3 heterocycles. The van der Waals surface area contributed by atoms with Gasteiger partial charge in [-0.05, 0) is 36.8 Å². The first-order valence-electron chi connectivity index (χ1n) is 11.2. The molecule has 4 aromatic rings. The van der Waals surface area contributed by atoms with E-state index in [0.717, 1.165) is 16.8 Å². The summed E-state index contributed by atoms with van der Waals surface area (Å²) in [6.45, 7) is 2.16. The van der Waals surface area contributed by atoms with Crippen LogP contribution in [0.15, 0.2) is 55.1 Å². The lowest BCUT2D eigenvalue weighted by atomic mass is 10.1. The number of aryl methyl sites for hydroxylation is 1. The quantitative estimate of drug-likeness (QED) is 0.362. The van der Waals surface area contributed by atoms with Gasteiger partial charge in [-0.1, -0.05) is 0 Å². The number of nitrogens with one attached hydrogen (secondary N) is 1. The zero-order valence-electron chi connectivity index (χ0n) is 20.9. The summed E-state index contributed by atoms with van der Waals surface area (Å²) >= 11 is 0. The normalized spacial score (nSPS) is 11.3. The zero-order chi connectivity index (χ0) is 25.7. The first-order chi connectivity index (χ1) is 17.4. The lowest BCUT2D eigenvalue weighted by molar-refractivity contribution is 0.374. The van der Waals surface area contributed by atoms with E-state index in [-0.39, 0.29) is 18.0 Å².